The Labute approximate surface area is 129 Å². The van der Waals surface area contributed by atoms with Crippen LogP contribution in [0.5, 0.6) is 0 Å². The molecule has 2 aromatic rings. The molecule has 4 nitrogen and oxygen atoms in total. The molecule has 0 aliphatic rings. The number of benzene rings is 2. The van der Waals surface area contributed by atoms with Gasteiger partial charge in [-0.3, -0.25) is 4.79 Å². The van der Waals surface area contributed by atoms with Gasteiger partial charge in [-0.15, -0.1) is 0 Å². The van der Waals surface area contributed by atoms with Gasteiger partial charge in [-0.2, -0.15) is 0 Å². The highest BCUT2D eigenvalue weighted by atomic mass is 32.2. The zero-order valence-corrected chi connectivity index (χ0v) is 13.1. The normalized spacial score (nSPS) is 11.2. The number of halogens is 1. The molecule has 0 radical (unpaired) electrons. The summed E-state index contributed by atoms with van der Waals surface area (Å²) in [5, 5.41) is 0. The van der Waals surface area contributed by atoms with E-state index in [0.717, 1.165) is 11.8 Å². The summed E-state index contributed by atoms with van der Waals surface area (Å²) < 4.78 is 35.6. The molecule has 0 unspecified atom stereocenters. The van der Waals surface area contributed by atoms with Crippen molar-refractivity contribution >= 4 is 15.7 Å². The Morgan fingerprint density at radius 3 is 2.09 bits per heavy atom. The van der Waals surface area contributed by atoms with Gasteiger partial charge < -0.3 is 4.90 Å². The molecule has 0 heterocycles. The largest absolute Gasteiger partial charge is 0.337 e. The lowest BCUT2D eigenvalue weighted by Crippen LogP contribution is -2.26. The van der Waals surface area contributed by atoms with Gasteiger partial charge >= 0.3 is 0 Å². The molecule has 0 N–H and O–H groups in total. The van der Waals surface area contributed by atoms with Crippen molar-refractivity contribution in [2.75, 3.05) is 13.3 Å². The van der Waals surface area contributed by atoms with Gasteiger partial charge in [0.2, 0.25) is 0 Å². The summed E-state index contributed by atoms with van der Waals surface area (Å²) >= 11 is 0. The van der Waals surface area contributed by atoms with Crippen LogP contribution in [-0.4, -0.2) is 32.5 Å². The monoisotopic (exact) mass is 321 g/mol. The fourth-order valence-corrected chi connectivity index (χ4v) is 2.63. The fraction of sp³-hybridized carbons (Fsp3) is 0.188. The van der Waals surface area contributed by atoms with Crippen LogP contribution in [0.4, 0.5) is 4.39 Å². The predicted molar refractivity (Wildman–Crippen MR) is 81.7 cm³/mol. The molecule has 0 atom stereocenters. The molecule has 0 bridgehead atoms. The predicted octanol–water partition coefficient (Wildman–Crippen LogP) is 2.50. The van der Waals surface area contributed by atoms with Crippen molar-refractivity contribution in [1.29, 1.82) is 0 Å². The summed E-state index contributed by atoms with van der Waals surface area (Å²) in [4.78, 5) is 13.9. The van der Waals surface area contributed by atoms with Crippen LogP contribution in [0.2, 0.25) is 0 Å². The van der Waals surface area contributed by atoms with Gasteiger partial charge in [-0.25, -0.2) is 12.8 Å². The second-order valence-electron chi connectivity index (χ2n) is 5.08. The quantitative estimate of drug-likeness (QED) is 0.869. The van der Waals surface area contributed by atoms with Gasteiger partial charge in [0.05, 0.1) is 4.90 Å². The highest BCUT2D eigenvalue weighted by molar-refractivity contribution is 7.90. The molecule has 0 spiro atoms. The van der Waals surface area contributed by atoms with E-state index in [1.807, 2.05) is 0 Å². The first kappa shape index (κ1) is 16.2. The zero-order valence-electron chi connectivity index (χ0n) is 12.3. The number of carbonyl (C=O) groups excluding carboxylic acids is 1. The second-order valence-corrected chi connectivity index (χ2v) is 7.10. The minimum absolute atomic E-state index is 0.172. The summed E-state index contributed by atoms with van der Waals surface area (Å²) in [5.41, 5.74) is 1.21. The Kier molecular flexibility index (Phi) is 4.61. The van der Waals surface area contributed by atoms with Crippen molar-refractivity contribution in [3.05, 3.63) is 65.5 Å². The molecule has 0 aliphatic heterocycles. The highest BCUT2D eigenvalue weighted by Crippen LogP contribution is 2.13. The number of nitrogens with zero attached hydrogens (tertiary/aromatic N) is 1. The van der Waals surface area contributed by atoms with E-state index < -0.39 is 9.84 Å². The molecular weight excluding hydrogens is 305 g/mol. The van der Waals surface area contributed by atoms with E-state index in [0.29, 0.717) is 12.1 Å². The molecule has 6 heteroatoms. The summed E-state index contributed by atoms with van der Waals surface area (Å²) in [6.45, 7) is 0.340. The standard InChI is InChI=1S/C16H16FNO3S/c1-18(11-12-3-7-14(17)8-4-12)16(19)13-5-9-15(10-6-13)22(2,20)21/h3-10H,11H2,1-2H3. The van der Waals surface area contributed by atoms with Gasteiger partial charge in [-0.1, -0.05) is 12.1 Å². The first-order valence-electron chi connectivity index (χ1n) is 6.57. The smallest absolute Gasteiger partial charge is 0.253 e. The summed E-state index contributed by atoms with van der Waals surface area (Å²) in [5.74, 6) is -0.557. The summed E-state index contributed by atoms with van der Waals surface area (Å²) in [6, 6.07) is 11.7. The third-order valence-electron chi connectivity index (χ3n) is 3.21. The van der Waals surface area contributed by atoms with Gasteiger partial charge in [0.1, 0.15) is 5.82 Å². The Bertz CT molecular complexity index is 768. The number of rotatable bonds is 4. The van der Waals surface area contributed by atoms with Crippen molar-refractivity contribution in [2.45, 2.75) is 11.4 Å². The maximum Gasteiger partial charge on any atom is 0.253 e. The first-order chi connectivity index (χ1) is 10.3. The van der Waals surface area contributed by atoms with Crippen LogP contribution in [0.15, 0.2) is 53.4 Å². The Morgan fingerprint density at radius 2 is 1.59 bits per heavy atom. The molecule has 22 heavy (non-hydrogen) atoms. The topological polar surface area (TPSA) is 54.5 Å². The third-order valence-corrected chi connectivity index (χ3v) is 4.34. The number of amides is 1. The van der Waals surface area contributed by atoms with Crippen molar-refractivity contribution in [1.82, 2.24) is 4.90 Å². The van der Waals surface area contributed by atoms with Crippen molar-refractivity contribution < 1.29 is 17.6 Å². The van der Waals surface area contributed by atoms with Crippen molar-refractivity contribution in [3.63, 3.8) is 0 Å². The third kappa shape index (κ3) is 3.92. The number of hydrogen-bond acceptors (Lipinski definition) is 3. The van der Waals surface area contributed by atoms with E-state index in [2.05, 4.69) is 0 Å². The number of carbonyl (C=O) groups is 1. The molecule has 0 fully saturated rings. The average Bonchev–Trinajstić information content (AvgIpc) is 2.48. The minimum atomic E-state index is -3.28. The van der Waals surface area contributed by atoms with Crippen LogP contribution in [-0.2, 0) is 16.4 Å². The molecule has 116 valence electrons. The maximum absolute atomic E-state index is 12.9. The molecule has 1 amide bonds. The lowest BCUT2D eigenvalue weighted by molar-refractivity contribution is 0.0785. The van der Waals surface area contributed by atoms with Crippen LogP contribution in [0.1, 0.15) is 15.9 Å². The van der Waals surface area contributed by atoms with Crippen molar-refractivity contribution in [2.24, 2.45) is 0 Å². The Balaban J connectivity index is 2.12. The van der Waals surface area contributed by atoms with Crippen molar-refractivity contribution in [3.8, 4) is 0 Å². The van der Waals surface area contributed by atoms with Crippen LogP contribution >= 0.6 is 0 Å². The first-order valence-corrected chi connectivity index (χ1v) is 8.46. The van der Waals surface area contributed by atoms with E-state index in [4.69, 9.17) is 0 Å². The van der Waals surface area contributed by atoms with Crippen LogP contribution in [0, 0.1) is 5.82 Å². The van der Waals surface area contributed by atoms with Gasteiger partial charge in [0.25, 0.3) is 5.91 Å². The molecular formula is C16H16FNO3S. The summed E-state index contributed by atoms with van der Waals surface area (Å²) in [6.07, 6.45) is 1.12. The van der Waals surface area contributed by atoms with Gasteiger partial charge in [0, 0.05) is 25.4 Å². The summed E-state index contributed by atoms with van der Waals surface area (Å²) in [7, 11) is -1.64. The van der Waals surface area contributed by atoms with Crippen LogP contribution in [0.25, 0.3) is 0 Å². The zero-order chi connectivity index (χ0) is 16.3. The van der Waals surface area contributed by atoms with E-state index >= 15 is 0 Å². The lowest BCUT2D eigenvalue weighted by atomic mass is 10.1. The Hall–Kier alpha value is -2.21. The molecule has 0 saturated heterocycles. The maximum atomic E-state index is 12.9. The molecule has 0 saturated carbocycles. The minimum Gasteiger partial charge on any atom is -0.337 e. The molecule has 0 aromatic heterocycles. The Morgan fingerprint density at radius 1 is 1.05 bits per heavy atom. The van der Waals surface area contributed by atoms with Crippen LogP contribution in [0.3, 0.4) is 0 Å². The van der Waals surface area contributed by atoms with Gasteiger partial charge in [0.15, 0.2) is 9.84 Å². The SMILES string of the molecule is CN(Cc1ccc(F)cc1)C(=O)c1ccc(S(C)(=O)=O)cc1. The average molecular weight is 321 g/mol. The lowest BCUT2D eigenvalue weighted by Gasteiger charge is -2.17. The fourth-order valence-electron chi connectivity index (χ4n) is 2.00. The van der Waals surface area contributed by atoms with Crippen LogP contribution < -0.4 is 0 Å². The molecule has 2 rings (SSSR count). The van der Waals surface area contributed by atoms with E-state index in [1.165, 1.54) is 41.3 Å². The molecule has 2 aromatic carbocycles. The van der Waals surface area contributed by atoms with E-state index in [-0.39, 0.29) is 16.6 Å². The second kappa shape index (κ2) is 6.27. The van der Waals surface area contributed by atoms with Gasteiger partial charge in [-0.05, 0) is 42.0 Å². The number of hydrogen-bond donors (Lipinski definition) is 0. The van der Waals surface area contributed by atoms with E-state index in [1.54, 1.807) is 19.2 Å². The highest BCUT2D eigenvalue weighted by Gasteiger charge is 2.14. The van der Waals surface area contributed by atoms with E-state index in [9.17, 15) is 17.6 Å². The number of sulfone groups is 1. The molecule has 0 aliphatic carbocycles.